The maximum Gasteiger partial charge on any atom is 0.322 e. The predicted molar refractivity (Wildman–Crippen MR) is 134 cm³/mol. The number of hydrogen-bond donors (Lipinski definition) is 2. The van der Waals surface area contributed by atoms with Crippen molar-refractivity contribution in [2.75, 3.05) is 13.1 Å². The first kappa shape index (κ1) is 24.0. The van der Waals surface area contributed by atoms with E-state index >= 15 is 0 Å². The number of nitrogens with one attached hydrogen (secondary N) is 1. The third-order valence-electron chi connectivity index (χ3n) is 6.04. The molecule has 1 atom stereocenters. The van der Waals surface area contributed by atoms with Crippen molar-refractivity contribution in [3.05, 3.63) is 82.5 Å². The number of carboxylic acids is 1. The summed E-state index contributed by atoms with van der Waals surface area (Å²) in [5, 5.41) is 24.2. The van der Waals surface area contributed by atoms with Gasteiger partial charge in [-0.2, -0.15) is 10.2 Å². The van der Waals surface area contributed by atoms with Gasteiger partial charge in [0.2, 0.25) is 5.90 Å². The molecule has 5 rings (SSSR count). The van der Waals surface area contributed by atoms with Crippen LogP contribution in [0.25, 0.3) is 0 Å². The van der Waals surface area contributed by atoms with Gasteiger partial charge in [0.1, 0.15) is 24.6 Å². The monoisotopic (exact) mass is 500 g/mol. The lowest BCUT2D eigenvalue weighted by Gasteiger charge is -2.21. The smallest absolute Gasteiger partial charge is 0.322 e. The number of carbonyl (C=O) groups is 2. The Kier molecular flexibility index (Phi) is 6.84. The van der Waals surface area contributed by atoms with Crippen LogP contribution in [0.3, 0.4) is 0 Å². The number of pyridine rings is 1. The number of rotatable bonds is 6. The minimum absolute atomic E-state index is 0.0923. The largest absolute Gasteiger partial charge is 0.480 e. The van der Waals surface area contributed by atoms with Crippen molar-refractivity contribution < 1.29 is 24.0 Å². The van der Waals surface area contributed by atoms with Gasteiger partial charge in [-0.05, 0) is 31.5 Å². The van der Waals surface area contributed by atoms with Crippen molar-refractivity contribution in [2.45, 2.75) is 26.4 Å². The highest BCUT2D eigenvalue weighted by Gasteiger charge is 2.29. The van der Waals surface area contributed by atoms with E-state index in [2.05, 4.69) is 25.7 Å². The first-order valence-electron chi connectivity index (χ1n) is 11.8. The third-order valence-corrected chi connectivity index (χ3v) is 6.04. The minimum atomic E-state index is -1.12. The molecule has 2 aliphatic rings. The molecule has 11 nitrogen and oxygen atoms in total. The van der Waals surface area contributed by atoms with Gasteiger partial charge >= 0.3 is 5.97 Å². The van der Waals surface area contributed by atoms with Crippen LogP contribution in [0.2, 0.25) is 0 Å². The van der Waals surface area contributed by atoms with Crippen molar-refractivity contribution in [1.82, 2.24) is 15.5 Å². The van der Waals surface area contributed by atoms with E-state index in [0.717, 1.165) is 34.7 Å². The van der Waals surface area contributed by atoms with E-state index in [-0.39, 0.29) is 18.1 Å². The lowest BCUT2D eigenvalue weighted by Crippen LogP contribution is -2.29. The van der Waals surface area contributed by atoms with Crippen LogP contribution < -0.4 is 5.32 Å². The van der Waals surface area contributed by atoms with E-state index in [1.54, 1.807) is 12.1 Å². The highest BCUT2D eigenvalue weighted by atomic mass is 16.5. The second-order valence-corrected chi connectivity index (χ2v) is 8.68. The molecule has 0 radical (unpaired) electrons. The van der Waals surface area contributed by atoms with Crippen molar-refractivity contribution in [2.24, 2.45) is 21.1 Å². The summed E-state index contributed by atoms with van der Waals surface area (Å²) in [4.78, 5) is 31.7. The number of aliphatic carboxylic acids is 1. The zero-order valence-corrected chi connectivity index (χ0v) is 20.0. The molecule has 4 heterocycles. The summed E-state index contributed by atoms with van der Waals surface area (Å²) in [6.45, 7) is 2.05. The molecule has 0 fully saturated rings. The summed E-state index contributed by atoms with van der Waals surface area (Å²) < 4.78 is 11.4. The summed E-state index contributed by atoms with van der Waals surface area (Å²) in [5.41, 5.74) is 4.95. The number of aryl methyl sites for hydroxylation is 1. The van der Waals surface area contributed by atoms with Gasteiger partial charge < -0.3 is 19.7 Å². The van der Waals surface area contributed by atoms with Crippen molar-refractivity contribution >= 4 is 29.2 Å². The minimum Gasteiger partial charge on any atom is -0.480 e. The van der Waals surface area contributed by atoms with Crippen LogP contribution in [-0.2, 0) is 16.1 Å². The molecule has 0 saturated carbocycles. The zero-order valence-electron chi connectivity index (χ0n) is 20.0. The quantitative estimate of drug-likeness (QED) is 0.528. The Balaban J connectivity index is 1.34. The third kappa shape index (κ3) is 5.45. The van der Waals surface area contributed by atoms with E-state index in [1.807, 2.05) is 37.3 Å². The Hall–Kier alpha value is -4.67. The molecule has 2 aromatic heterocycles. The normalized spacial score (nSPS) is 16.7. The molecule has 188 valence electrons. The van der Waals surface area contributed by atoms with Gasteiger partial charge in [0.15, 0.2) is 0 Å². The number of carboxylic acid groups (broad SMARTS) is 1. The average Bonchev–Trinajstić information content (AvgIpc) is 3.36. The fraction of sp³-hybridized carbons (Fsp3) is 0.269. The molecule has 0 saturated heterocycles. The van der Waals surface area contributed by atoms with Crippen LogP contribution in [0, 0.1) is 12.8 Å². The Labute approximate surface area is 212 Å². The van der Waals surface area contributed by atoms with Crippen molar-refractivity contribution in [3.63, 3.8) is 0 Å². The van der Waals surface area contributed by atoms with Gasteiger partial charge in [-0.1, -0.05) is 23.4 Å². The molecular weight excluding hydrogens is 476 g/mol. The van der Waals surface area contributed by atoms with Gasteiger partial charge in [0, 0.05) is 42.3 Å². The highest BCUT2D eigenvalue weighted by Crippen LogP contribution is 2.28. The van der Waals surface area contributed by atoms with Crippen molar-refractivity contribution in [1.29, 1.82) is 0 Å². The number of fused-ring (bicyclic) bond motifs is 4. The van der Waals surface area contributed by atoms with Gasteiger partial charge in [-0.25, -0.2) is 0 Å². The molecule has 0 aliphatic carbocycles. The van der Waals surface area contributed by atoms with Crippen LogP contribution in [0.1, 0.15) is 51.5 Å². The fourth-order valence-electron chi connectivity index (χ4n) is 4.21. The molecule has 2 aliphatic heterocycles. The standard InChI is InChI=1S/C26H24N6O5/c1-15-10-22(32-37-15)24-16-8-9-27-26(20-5-3-2-4-19(20)21(11-16)30-31-24)36-14-18-7-6-17(12-28-18)25(35)29-13-23(33)34/h2-7,10,12,16H,8-9,11,13-14H2,1H3,(H,29,35)(H,33,34). The average molecular weight is 501 g/mol. The number of aliphatic imine (C=N–C) groups is 1. The van der Waals surface area contributed by atoms with Crippen LogP contribution in [0.4, 0.5) is 0 Å². The number of carbonyl (C=O) groups excluding carboxylic acids is 1. The molecule has 1 unspecified atom stereocenters. The van der Waals surface area contributed by atoms with Gasteiger partial charge in [0.05, 0.1) is 22.7 Å². The molecule has 1 amide bonds. The molecule has 2 bridgehead atoms. The summed E-state index contributed by atoms with van der Waals surface area (Å²) in [5.74, 6) is -0.332. The molecule has 3 aromatic rings. The van der Waals surface area contributed by atoms with E-state index < -0.39 is 18.4 Å². The Morgan fingerprint density at radius 2 is 2.00 bits per heavy atom. The lowest BCUT2D eigenvalue weighted by atomic mass is 9.87. The second kappa shape index (κ2) is 10.5. The summed E-state index contributed by atoms with van der Waals surface area (Å²) >= 11 is 0. The molecule has 2 N–H and O–H groups in total. The molecule has 1 aromatic carbocycles. The summed E-state index contributed by atoms with van der Waals surface area (Å²) in [6.07, 6.45) is 2.83. The summed E-state index contributed by atoms with van der Waals surface area (Å²) in [6, 6.07) is 12.9. The van der Waals surface area contributed by atoms with E-state index in [0.29, 0.717) is 30.3 Å². The maximum atomic E-state index is 12.0. The first-order chi connectivity index (χ1) is 18.0. The zero-order chi connectivity index (χ0) is 25.8. The fourth-order valence-corrected chi connectivity index (χ4v) is 4.21. The Morgan fingerprint density at radius 1 is 1.16 bits per heavy atom. The lowest BCUT2D eigenvalue weighted by molar-refractivity contribution is -0.135. The van der Waals surface area contributed by atoms with E-state index in [4.69, 9.17) is 19.4 Å². The number of amides is 1. The predicted octanol–water partition coefficient (Wildman–Crippen LogP) is 2.77. The summed E-state index contributed by atoms with van der Waals surface area (Å²) in [7, 11) is 0. The topological polar surface area (TPSA) is 152 Å². The van der Waals surface area contributed by atoms with Gasteiger partial charge in [0.25, 0.3) is 5.91 Å². The Morgan fingerprint density at radius 3 is 2.73 bits per heavy atom. The molecular formula is C26H24N6O5. The van der Waals surface area contributed by atoms with E-state index in [1.165, 1.54) is 6.20 Å². The van der Waals surface area contributed by atoms with Crippen LogP contribution in [0.5, 0.6) is 0 Å². The van der Waals surface area contributed by atoms with Crippen LogP contribution >= 0.6 is 0 Å². The molecule has 0 spiro atoms. The number of ether oxygens (including phenoxy) is 1. The van der Waals surface area contributed by atoms with Crippen LogP contribution in [-0.4, -0.2) is 57.5 Å². The van der Waals surface area contributed by atoms with Crippen molar-refractivity contribution in [3.8, 4) is 0 Å². The number of nitrogens with zero attached hydrogens (tertiary/aromatic N) is 5. The number of hydrogen-bond acceptors (Lipinski definition) is 9. The highest BCUT2D eigenvalue weighted by molar-refractivity contribution is 6.14. The molecule has 11 heteroatoms. The van der Waals surface area contributed by atoms with Gasteiger partial charge in [-0.3, -0.25) is 19.6 Å². The SMILES string of the molecule is Cc1cc(C2=NN=C3CC2CCN=C(OCc2ccc(C(=O)NCC(=O)O)cn2)c2ccccc23)no1. The maximum absolute atomic E-state index is 12.0. The second-order valence-electron chi connectivity index (χ2n) is 8.68. The van der Waals surface area contributed by atoms with E-state index in [9.17, 15) is 9.59 Å². The Bertz CT molecular complexity index is 1420. The van der Waals surface area contributed by atoms with Crippen LogP contribution in [0.15, 0.2) is 68.4 Å². The van der Waals surface area contributed by atoms with Gasteiger partial charge in [-0.15, -0.1) is 0 Å². The number of aromatic nitrogens is 2. The first-order valence-corrected chi connectivity index (χ1v) is 11.8. The molecule has 37 heavy (non-hydrogen) atoms. The number of benzene rings is 1.